The SMILES string of the molecule is C#Cc1ccc(CN2CCC[C@H](CCC(=O)NCc3ccc(OC)cc3OC)C2)cc1. The summed E-state index contributed by atoms with van der Waals surface area (Å²) in [5, 5.41) is 3.02. The molecule has 0 saturated carbocycles. The second-order valence-corrected chi connectivity index (χ2v) is 8.08. The molecule has 0 spiro atoms. The number of terminal acetylenes is 1. The third kappa shape index (κ3) is 6.77. The zero-order valence-electron chi connectivity index (χ0n) is 18.5. The van der Waals surface area contributed by atoms with Crippen LogP contribution >= 0.6 is 0 Å². The molecule has 31 heavy (non-hydrogen) atoms. The van der Waals surface area contributed by atoms with Crippen LogP contribution in [-0.4, -0.2) is 38.1 Å². The minimum absolute atomic E-state index is 0.0832. The Kier molecular flexibility index (Phi) is 8.37. The molecule has 1 aliphatic heterocycles. The number of likely N-dealkylation sites (tertiary alicyclic amines) is 1. The standard InChI is InChI=1S/C26H32N2O3/c1-4-20-7-9-22(10-8-20)19-28-15-5-6-21(18-28)11-14-26(29)27-17-23-12-13-24(30-2)16-25(23)31-3/h1,7-10,12-13,16,21H,5-6,11,14-15,17-19H2,2-3H3,(H,27,29)/t21-/m1/s1. The molecule has 2 aromatic rings. The fraction of sp³-hybridized carbons (Fsp3) is 0.423. The molecule has 0 aliphatic carbocycles. The van der Waals surface area contributed by atoms with Gasteiger partial charge in [0.25, 0.3) is 0 Å². The maximum absolute atomic E-state index is 12.4. The van der Waals surface area contributed by atoms with Crippen molar-refractivity contribution in [3.63, 3.8) is 0 Å². The number of hydrogen-bond acceptors (Lipinski definition) is 4. The zero-order valence-corrected chi connectivity index (χ0v) is 18.5. The lowest BCUT2D eigenvalue weighted by Gasteiger charge is -2.32. The van der Waals surface area contributed by atoms with Gasteiger partial charge in [-0.25, -0.2) is 0 Å². The number of methoxy groups -OCH3 is 2. The minimum atomic E-state index is 0.0832. The molecule has 0 aromatic heterocycles. The topological polar surface area (TPSA) is 50.8 Å². The Morgan fingerprint density at radius 1 is 1.19 bits per heavy atom. The van der Waals surface area contributed by atoms with Gasteiger partial charge in [-0.05, 0) is 61.6 Å². The van der Waals surface area contributed by atoms with Crippen molar-refractivity contribution in [2.75, 3.05) is 27.3 Å². The first-order valence-electron chi connectivity index (χ1n) is 10.9. The van der Waals surface area contributed by atoms with Crippen molar-refractivity contribution in [3.05, 3.63) is 59.2 Å². The van der Waals surface area contributed by atoms with E-state index in [2.05, 4.69) is 28.3 Å². The molecule has 1 fully saturated rings. The predicted molar refractivity (Wildman–Crippen MR) is 123 cm³/mol. The van der Waals surface area contributed by atoms with Crippen LogP contribution in [0, 0.1) is 18.3 Å². The van der Waals surface area contributed by atoms with Crippen LogP contribution in [0.1, 0.15) is 42.4 Å². The summed E-state index contributed by atoms with van der Waals surface area (Å²) in [5.74, 6) is 4.76. The van der Waals surface area contributed by atoms with Gasteiger partial charge in [-0.2, -0.15) is 0 Å². The number of carbonyl (C=O) groups excluding carboxylic acids is 1. The lowest BCUT2D eigenvalue weighted by atomic mass is 9.93. The van der Waals surface area contributed by atoms with E-state index in [4.69, 9.17) is 15.9 Å². The largest absolute Gasteiger partial charge is 0.497 e. The monoisotopic (exact) mass is 420 g/mol. The van der Waals surface area contributed by atoms with E-state index in [9.17, 15) is 4.79 Å². The van der Waals surface area contributed by atoms with E-state index < -0.39 is 0 Å². The number of nitrogens with zero attached hydrogens (tertiary/aromatic N) is 1. The Morgan fingerprint density at radius 2 is 2.00 bits per heavy atom. The van der Waals surface area contributed by atoms with Crippen LogP contribution in [0.5, 0.6) is 11.5 Å². The summed E-state index contributed by atoms with van der Waals surface area (Å²) in [7, 11) is 3.25. The Balaban J connectivity index is 1.43. The summed E-state index contributed by atoms with van der Waals surface area (Å²) in [6.45, 7) is 3.54. The normalized spacial score (nSPS) is 16.4. The van der Waals surface area contributed by atoms with Crippen molar-refractivity contribution in [3.8, 4) is 23.8 Å². The van der Waals surface area contributed by atoms with Crippen LogP contribution in [-0.2, 0) is 17.9 Å². The van der Waals surface area contributed by atoms with E-state index in [1.807, 2.05) is 30.3 Å². The Hall–Kier alpha value is -2.97. The lowest BCUT2D eigenvalue weighted by Crippen LogP contribution is -2.35. The third-order valence-electron chi connectivity index (χ3n) is 5.88. The predicted octanol–water partition coefficient (Wildman–Crippen LogP) is 3.99. The van der Waals surface area contributed by atoms with E-state index in [0.29, 0.717) is 18.9 Å². The molecule has 5 nitrogen and oxygen atoms in total. The summed E-state index contributed by atoms with van der Waals surface area (Å²) in [5.41, 5.74) is 3.14. The molecular formula is C26H32N2O3. The number of nitrogens with one attached hydrogen (secondary N) is 1. The van der Waals surface area contributed by atoms with Gasteiger partial charge in [0, 0.05) is 43.2 Å². The smallest absolute Gasteiger partial charge is 0.220 e. The number of carbonyl (C=O) groups is 1. The molecular weight excluding hydrogens is 388 g/mol. The van der Waals surface area contributed by atoms with Crippen molar-refractivity contribution in [1.29, 1.82) is 0 Å². The van der Waals surface area contributed by atoms with Gasteiger partial charge in [-0.1, -0.05) is 18.1 Å². The van der Waals surface area contributed by atoms with Gasteiger partial charge in [-0.15, -0.1) is 6.42 Å². The van der Waals surface area contributed by atoms with E-state index in [-0.39, 0.29) is 5.91 Å². The van der Waals surface area contributed by atoms with Gasteiger partial charge in [0.2, 0.25) is 5.91 Å². The maximum atomic E-state index is 12.4. The third-order valence-corrected chi connectivity index (χ3v) is 5.88. The first-order valence-corrected chi connectivity index (χ1v) is 10.9. The van der Waals surface area contributed by atoms with Crippen LogP contribution in [0.4, 0.5) is 0 Å². The van der Waals surface area contributed by atoms with Crippen molar-refractivity contribution in [1.82, 2.24) is 10.2 Å². The first kappa shape index (κ1) is 22.7. The molecule has 5 heteroatoms. The molecule has 164 valence electrons. The van der Waals surface area contributed by atoms with Crippen LogP contribution in [0.15, 0.2) is 42.5 Å². The average Bonchev–Trinajstić information content (AvgIpc) is 2.82. The lowest BCUT2D eigenvalue weighted by molar-refractivity contribution is -0.121. The van der Waals surface area contributed by atoms with Crippen molar-refractivity contribution in [2.24, 2.45) is 5.92 Å². The molecule has 0 radical (unpaired) electrons. The van der Waals surface area contributed by atoms with Gasteiger partial charge < -0.3 is 14.8 Å². The molecule has 1 aliphatic rings. The zero-order chi connectivity index (χ0) is 22.1. The second kappa shape index (κ2) is 11.4. The Morgan fingerprint density at radius 3 is 2.71 bits per heavy atom. The number of ether oxygens (including phenoxy) is 2. The van der Waals surface area contributed by atoms with Crippen molar-refractivity contribution in [2.45, 2.75) is 38.8 Å². The van der Waals surface area contributed by atoms with Crippen LogP contribution in [0.3, 0.4) is 0 Å². The van der Waals surface area contributed by atoms with Gasteiger partial charge in [0.1, 0.15) is 11.5 Å². The maximum Gasteiger partial charge on any atom is 0.220 e. The molecule has 0 unspecified atom stereocenters. The highest BCUT2D eigenvalue weighted by molar-refractivity contribution is 5.75. The number of rotatable bonds is 9. The molecule has 0 bridgehead atoms. The van der Waals surface area contributed by atoms with E-state index in [1.165, 1.54) is 18.4 Å². The summed E-state index contributed by atoms with van der Waals surface area (Å²) in [4.78, 5) is 14.9. The molecule has 3 rings (SSSR count). The van der Waals surface area contributed by atoms with Crippen LogP contribution in [0.2, 0.25) is 0 Å². The van der Waals surface area contributed by atoms with Gasteiger partial charge >= 0.3 is 0 Å². The summed E-state index contributed by atoms with van der Waals surface area (Å²) in [6.07, 6.45) is 9.27. The van der Waals surface area contributed by atoms with Crippen LogP contribution in [0.25, 0.3) is 0 Å². The van der Waals surface area contributed by atoms with Crippen LogP contribution < -0.4 is 14.8 Å². The fourth-order valence-corrected chi connectivity index (χ4v) is 4.11. The minimum Gasteiger partial charge on any atom is -0.497 e. The number of benzene rings is 2. The summed E-state index contributed by atoms with van der Waals surface area (Å²) >= 11 is 0. The first-order chi connectivity index (χ1) is 15.1. The van der Waals surface area contributed by atoms with Crippen molar-refractivity contribution < 1.29 is 14.3 Å². The fourth-order valence-electron chi connectivity index (χ4n) is 4.11. The highest BCUT2D eigenvalue weighted by Crippen LogP contribution is 2.25. The van der Waals surface area contributed by atoms with E-state index in [0.717, 1.165) is 48.7 Å². The van der Waals surface area contributed by atoms with E-state index >= 15 is 0 Å². The number of amides is 1. The number of piperidine rings is 1. The highest BCUT2D eigenvalue weighted by atomic mass is 16.5. The summed E-state index contributed by atoms with van der Waals surface area (Å²) in [6, 6.07) is 13.9. The molecule has 1 N–H and O–H groups in total. The van der Waals surface area contributed by atoms with Gasteiger partial charge in [0.15, 0.2) is 0 Å². The second-order valence-electron chi connectivity index (χ2n) is 8.08. The Labute approximate surface area is 185 Å². The molecule has 1 amide bonds. The highest BCUT2D eigenvalue weighted by Gasteiger charge is 2.20. The molecule has 1 atom stereocenters. The summed E-state index contributed by atoms with van der Waals surface area (Å²) < 4.78 is 10.6. The van der Waals surface area contributed by atoms with Gasteiger partial charge in [-0.3, -0.25) is 9.69 Å². The molecule has 2 aromatic carbocycles. The average molecular weight is 421 g/mol. The van der Waals surface area contributed by atoms with Crippen molar-refractivity contribution >= 4 is 5.91 Å². The number of hydrogen-bond donors (Lipinski definition) is 1. The Bertz CT molecular complexity index is 902. The quantitative estimate of drug-likeness (QED) is 0.623. The molecule has 1 saturated heterocycles. The van der Waals surface area contributed by atoms with E-state index in [1.54, 1.807) is 14.2 Å². The van der Waals surface area contributed by atoms with Gasteiger partial charge in [0.05, 0.1) is 14.2 Å². The molecule has 1 heterocycles.